The van der Waals surface area contributed by atoms with Gasteiger partial charge in [0.1, 0.15) is 0 Å². The third-order valence-electron chi connectivity index (χ3n) is 4.65. The van der Waals surface area contributed by atoms with Crippen molar-refractivity contribution in [3.8, 4) is 17.2 Å². The minimum absolute atomic E-state index is 0.204. The van der Waals surface area contributed by atoms with E-state index in [-0.39, 0.29) is 12.8 Å². The summed E-state index contributed by atoms with van der Waals surface area (Å²) in [5, 5.41) is 8.76. The van der Waals surface area contributed by atoms with Gasteiger partial charge in [0.25, 0.3) is 0 Å². The Hall–Kier alpha value is -2.32. The van der Waals surface area contributed by atoms with Crippen LogP contribution in [-0.4, -0.2) is 73.8 Å². The highest BCUT2D eigenvalue weighted by Crippen LogP contribution is 2.40. The summed E-state index contributed by atoms with van der Waals surface area (Å²) >= 11 is 0. The van der Waals surface area contributed by atoms with Crippen LogP contribution in [0.25, 0.3) is 0 Å². The molecule has 0 aliphatic carbocycles. The number of piperazine rings is 1. The Kier molecular flexibility index (Phi) is 7.87. The molecule has 1 saturated heterocycles. The van der Waals surface area contributed by atoms with Crippen molar-refractivity contribution in [2.45, 2.75) is 26.3 Å². The van der Waals surface area contributed by atoms with Gasteiger partial charge in [-0.25, -0.2) is 0 Å². The maximum Gasteiger partial charge on any atom is 0.311 e. The molecule has 1 aliphatic rings. The number of esters is 1. The first-order chi connectivity index (χ1) is 13.0. The van der Waals surface area contributed by atoms with Gasteiger partial charge in [0.2, 0.25) is 5.75 Å². The molecule has 0 saturated carbocycles. The van der Waals surface area contributed by atoms with Crippen LogP contribution in [0.4, 0.5) is 0 Å². The summed E-state index contributed by atoms with van der Waals surface area (Å²) in [6.07, 6.45) is -0.482. The van der Waals surface area contributed by atoms with E-state index in [2.05, 4.69) is 16.7 Å². The third-order valence-corrected chi connectivity index (χ3v) is 4.65. The quantitative estimate of drug-likeness (QED) is 0.511. The number of likely N-dealkylation sites (N-methyl/N-ethyl adjacent to an activating group) is 1. The van der Waals surface area contributed by atoms with E-state index >= 15 is 0 Å². The first-order valence-electron chi connectivity index (χ1n) is 9.09. The van der Waals surface area contributed by atoms with Crippen molar-refractivity contribution in [3.63, 3.8) is 0 Å². The SMILES string of the molecule is CCN1CCN(Cc2ccc(OC)c(OC)c2OC(=O)CCC(=O)O)CC1. The molecule has 8 heteroatoms. The van der Waals surface area contributed by atoms with Gasteiger partial charge in [-0.2, -0.15) is 0 Å². The Labute approximate surface area is 159 Å². The van der Waals surface area contributed by atoms with Gasteiger partial charge in [-0.3, -0.25) is 14.5 Å². The lowest BCUT2D eigenvalue weighted by Crippen LogP contribution is -2.45. The van der Waals surface area contributed by atoms with Gasteiger partial charge < -0.3 is 24.2 Å². The number of hydrogen-bond acceptors (Lipinski definition) is 7. The van der Waals surface area contributed by atoms with E-state index in [1.54, 1.807) is 6.07 Å². The number of carboxylic acid groups (broad SMARTS) is 1. The van der Waals surface area contributed by atoms with Gasteiger partial charge in [-0.1, -0.05) is 13.0 Å². The fraction of sp³-hybridized carbons (Fsp3) is 0.579. The molecule has 1 aliphatic heterocycles. The minimum Gasteiger partial charge on any atom is -0.493 e. The predicted molar refractivity (Wildman–Crippen MR) is 99.4 cm³/mol. The Balaban J connectivity index is 2.19. The molecule has 1 heterocycles. The van der Waals surface area contributed by atoms with Crippen molar-refractivity contribution in [2.24, 2.45) is 0 Å². The summed E-state index contributed by atoms with van der Waals surface area (Å²) in [7, 11) is 2.99. The van der Waals surface area contributed by atoms with Crippen LogP contribution >= 0.6 is 0 Å². The molecule has 1 aromatic rings. The average molecular weight is 380 g/mol. The molecular formula is C19H28N2O6. The minimum atomic E-state index is -1.04. The summed E-state index contributed by atoms with van der Waals surface area (Å²) in [6.45, 7) is 7.65. The van der Waals surface area contributed by atoms with Crippen molar-refractivity contribution in [1.29, 1.82) is 0 Å². The number of nitrogens with zero attached hydrogens (tertiary/aromatic N) is 2. The molecule has 150 valence electrons. The second kappa shape index (κ2) is 10.1. The number of ether oxygens (including phenoxy) is 3. The average Bonchev–Trinajstić information content (AvgIpc) is 2.67. The fourth-order valence-electron chi connectivity index (χ4n) is 3.05. The number of hydrogen-bond donors (Lipinski definition) is 1. The van der Waals surface area contributed by atoms with Gasteiger partial charge >= 0.3 is 11.9 Å². The van der Waals surface area contributed by atoms with E-state index in [1.807, 2.05) is 6.07 Å². The van der Waals surface area contributed by atoms with Crippen LogP contribution in [0.1, 0.15) is 25.3 Å². The molecule has 0 radical (unpaired) electrons. The topological polar surface area (TPSA) is 88.5 Å². The van der Waals surface area contributed by atoms with Crippen LogP contribution in [0, 0.1) is 0 Å². The highest BCUT2D eigenvalue weighted by Gasteiger charge is 2.23. The Morgan fingerprint density at radius 1 is 1.00 bits per heavy atom. The van der Waals surface area contributed by atoms with E-state index in [1.165, 1.54) is 14.2 Å². The van der Waals surface area contributed by atoms with Gasteiger partial charge in [-0.15, -0.1) is 0 Å². The summed E-state index contributed by atoms with van der Waals surface area (Å²) < 4.78 is 16.2. The predicted octanol–water partition coefficient (Wildman–Crippen LogP) is 1.61. The van der Waals surface area contributed by atoms with E-state index in [0.29, 0.717) is 23.8 Å². The molecule has 2 rings (SSSR count). The zero-order valence-electron chi connectivity index (χ0n) is 16.2. The molecule has 0 unspecified atom stereocenters. The summed E-state index contributed by atoms with van der Waals surface area (Å²) in [5.74, 6) is -0.561. The monoisotopic (exact) mass is 380 g/mol. The molecule has 0 aromatic heterocycles. The first-order valence-corrected chi connectivity index (χ1v) is 9.09. The maximum atomic E-state index is 12.1. The smallest absolute Gasteiger partial charge is 0.311 e. The van der Waals surface area contributed by atoms with Gasteiger partial charge in [0.15, 0.2) is 11.5 Å². The lowest BCUT2D eigenvalue weighted by Gasteiger charge is -2.34. The number of rotatable bonds is 9. The highest BCUT2D eigenvalue weighted by molar-refractivity contribution is 5.79. The van der Waals surface area contributed by atoms with Crippen molar-refractivity contribution in [3.05, 3.63) is 17.7 Å². The standard InChI is InChI=1S/C19H28N2O6/c1-4-20-9-11-21(12-10-20)13-14-5-6-15(25-2)19(26-3)18(14)27-17(24)8-7-16(22)23/h5-6H,4,7-13H2,1-3H3,(H,22,23). The van der Waals surface area contributed by atoms with E-state index in [4.69, 9.17) is 19.3 Å². The fourth-order valence-corrected chi connectivity index (χ4v) is 3.05. The molecule has 27 heavy (non-hydrogen) atoms. The summed E-state index contributed by atoms with van der Waals surface area (Å²) in [4.78, 5) is 27.5. The third kappa shape index (κ3) is 5.83. The molecule has 1 N–H and O–H groups in total. The molecular weight excluding hydrogens is 352 g/mol. The molecule has 0 atom stereocenters. The van der Waals surface area contributed by atoms with Crippen molar-refractivity contribution in [2.75, 3.05) is 46.9 Å². The van der Waals surface area contributed by atoms with Gasteiger partial charge in [0.05, 0.1) is 27.1 Å². The molecule has 0 amide bonds. The van der Waals surface area contributed by atoms with Gasteiger partial charge in [0, 0.05) is 38.3 Å². The normalized spacial score (nSPS) is 15.4. The highest BCUT2D eigenvalue weighted by atomic mass is 16.6. The Morgan fingerprint density at radius 2 is 1.67 bits per heavy atom. The van der Waals surface area contributed by atoms with Gasteiger partial charge in [-0.05, 0) is 12.6 Å². The summed E-state index contributed by atoms with van der Waals surface area (Å²) in [6, 6.07) is 3.64. The van der Waals surface area contributed by atoms with Crippen molar-refractivity contribution in [1.82, 2.24) is 9.80 Å². The number of benzene rings is 1. The number of methoxy groups -OCH3 is 2. The molecule has 8 nitrogen and oxygen atoms in total. The number of carboxylic acids is 1. The second-order valence-electron chi connectivity index (χ2n) is 6.37. The molecule has 0 bridgehead atoms. The Bertz CT molecular complexity index is 656. The molecule has 1 fully saturated rings. The lowest BCUT2D eigenvalue weighted by molar-refractivity contribution is -0.142. The van der Waals surface area contributed by atoms with E-state index in [0.717, 1.165) is 38.3 Å². The van der Waals surface area contributed by atoms with Crippen LogP contribution in [0.3, 0.4) is 0 Å². The lowest BCUT2D eigenvalue weighted by atomic mass is 10.1. The van der Waals surface area contributed by atoms with E-state index < -0.39 is 11.9 Å². The maximum absolute atomic E-state index is 12.1. The number of carbonyl (C=O) groups is 2. The number of aliphatic carboxylic acids is 1. The Morgan fingerprint density at radius 3 is 2.22 bits per heavy atom. The van der Waals surface area contributed by atoms with Crippen LogP contribution in [0.15, 0.2) is 12.1 Å². The second-order valence-corrected chi connectivity index (χ2v) is 6.37. The van der Waals surface area contributed by atoms with Crippen LogP contribution < -0.4 is 14.2 Å². The number of carbonyl (C=O) groups excluding carboxylic acids is 1. The van der Waals surface area contributed by atoms with Crippen molar-refractivity contribution >= 4 is 11.9 Å². The zero-order valence-corrected chi connectivity index (χ0v) is 16.2. The van der Waals surface area contributed by atoms with Crippen LogP contribution in [-0.2, 0) is 16.1 Å². The first kappa shape index (κ1) is 21.0. The molecule has 0 spiro atoms. The van der Waals surface area contributed by atoms with Crippen LogP contribution in [0.2, 0.25) is 0 Å². The van der Waals surface area contributed by atoms with Crippen LogP contribution in [0.5, 0.6) is 17.2 Å². The van der Waals surface area contributed by atoms with E-state index in [9.17, 15) is 9.59 Å². The molecule has 1 aromatic carbocycles. The summed E-state index contributed by atoms with van der Waals surface area (Å²) in [5.41, 5.74) is 0.807. The zero-order chi connectivity index (χ0) is 19.8. The van der Waals surface area contributed by atoms with Crippen molar-refractivity contribution < 1.29 is 28.9 Å². The largest absolute Gasteiger partial charge is 0.493 e.